The van der Waals surface area contributed by atoms with Gasteiger partial charge in [0.1, 0.15) is 0 Å². The molecule has 0 aliphatic carbocycles. The minimum absolute atomic E-state index is 0.382. The molecule has 2 heteroatoms. The molecule has 0 spiro atoms. The summed E-state index contributed by atoms with van der Waals surface area (Å²) in [6, 6.07) is 2.04. The van der Waals surface area contributed by atoms with Crippen molar-refractivity contribution in [2.45, 2.75) is 19.8 Å². The van der Waals surface area contributed by atoms with E-state index in [1.54, 1.807) is 12.2 Å². The number of aromatic nitrogens is 2. The highest BCUT2D eigenvalue weighted by molar-refractivity contribution is 5.62. The van der Waals surface area contributed by atoms with Crippen molar-refractivity contribution in [3.63, 3.8) is 0 Å². The normalized spacial score (nSPS) is 10.9. The maximum atomic E-state index is 4.14. The van der Waals surface area contributed by atoms with Gasteiger partial charge in [0.25, 0.3) is 0 Å². The maximum absolute atomic E-state index is 4.14. The molecule has 15 heavy (non-hydrogen) atoms. The number of allylic oxidation sites excluding steroid dienone is 2. The Morgan fingerprint density at radius 1 is 1.27 bits per heavy atom. The summed E-state index contributed by atoms with van der Waals surface area (Å²) in [5, 5.41) is 8.25. The van der Waals surface area contributed by atoms with Crippen LogP contribution in [0.2, 0.25) is 0 Å². The second-order valence-corrected chi connectivity index (χ2v) is 3.56. The van der Waals surface area contributed by atoms with Crippen molar-refractivity contribution in [2.75, 3.05) is 0 Å². The Morgan fingerprint density at radius 2 is 2.00 bits per heavy atom. The van der Waals surface area contributed by atoms with Crippen LogP contribution in [-0.2, 0) is 0 Å². The fourth-order valence-electron chi connectivity index (χ4n) is 1.18. The first-order chi connectivity index (χ1) is 7.19. The van der Waals surface area contributed by atoms with Gasteiger partial charge in [0.05, 0.1) is 11.4 Å². The van der Waals surface area contributed by atoms with Crippen LogP contribution in [0.15, 0.2) is 31.4 Å². The molecule has 0 aliphatic rings. The van der Waals surface area contributed by atoms with Crippen LogP contribution in [0.4, 0.5) is 0 Å². The van der Waals surface area contributed by atoms with E-state index in [4.69, 9.17) is 0 Å². The number of hydrogen-bond donors (Lipinski definition) is 0. The van der Waals surface area contributed by atoms with Crippen LogP contribution in [0.1, 0.15) is 36.7 Å². The lowest BCUT2D eigenvalue weighted by Crippen LogP contribution is -1.99. The fraction of sp³-hybridized carbons (Fsp3) is 0.231. The van der Waals surface area contributed by atoms with Crippen LogP contribution in [0, 0.1) is 0 Å². The van der Waals surface area contributed by atoms with Crippen molar-refractivity contribution in [3.8, 4) is 0 Å². The molecule has 1 rings (SSSR count). The van der Waals surface area contributed by atoms with Crippen LogP contribution >= 0.6 is 0 Å². The summed E-state index contributed by atoms with van der Waals surface area (Å²) in [4.78, 5) is 0. The largest absolute Gasteiger partial charge is 0.155 e. The summed E-state index contributed by atoms with van der Waals surface area (Å²) in [7, 11) is 0. The molecule has 1 heterocycles. The van der Waals surface area contributed by atoms with Crippen molar-refractivity contribution in [2.24, 2.45) is 0 Å². The lowest BCUT2D eigenvalue weighted by Gasteiger charge is -2.06. The van der Waals surface area contributed by atoms with Gasteiger partial charge in [-0.05, 0) is 18.1 Å². The van der Waals surface area contributed by atoms with Gasteiger partial charge in [-0.2, -0.15) is 10.2 Å². The Bertz CT molecular complexity index is 390. The van der Waals surface area contributed by atoms with E-state index in [-0.39, 0.29) is 0 Å². The van der Waals surface area contributed by atoms with Crippen molar-refractivity contribution >= 4 is 12.2 Å². The Hall–Kier alpha value is -1.70. The van der Waals surface area contributed by atoms with Crippen molar-refractivity contribution < 1.29 is 0 Å². The zero-order chi connectivity index (χ0) is 11.3. The first-order valence-corrected chi connectivity index (χ1v) is 4.98. The van der Waals surface area contributed by atoms with Gasteiger partial charge in [-0.15, -0.1) is 0 Å². The minimum Gasteiger partial charge on any atom is -0.155 e. The Labute approximate surface area is 91.1 Å². The molecular formula is C13H16N2. The average Bonchev–Trinajstić information content (AvgIpc) is 2.25. The summed E-state index contributed by atoms with van der Waals surface area (Å²) in [6.07, 6.45) is 7.29. The second kappa shape index (κ2) is 5.25. The van der Waals surface area contributed by atoms with Gasteiger partial charge >= 0.3 is 0 Å². The third-order valence-electron chi connectivity index (χ3n) is 2.07. The average molecular weight is 200 g/mol. The molecule has 0 N–H and O–H groups in total. The molecule has 0 fully saturated rings. The second-order valence-electron chi connectivity index (χ2n) is 3.56. The van der Waals surface area contributed by atoms with Crippen LogP contribution < -0.4 is 0 Å². The monoisotopic (exact) mass is 200 g/mol. The van der Waals surface area contributed by atoms with Gasteiger partial charge in [-0.3, -0.25) is 0 Å². The molecule has 0 saturated heterocycles. The Kier molecular flexibility index (Phi) is 3.98. The van der Waals surface area contributed by atoms with E-state index in [9.17, 15) is 0 Å². The molecule has 0 aliphatic heterocycles. The van der Waals surface area contributed by atoms with E-state index < -0.39 is 0 Å². The zero-order valence-corrected chi connectivity index (χ0v) is 9.27. The lowest BCUT2D eigenvalue weighted by molar-refractivity contribution is 0.782. The van der Waals surface area contributed by atoms with Crippen molar-refractivity contribution in [1.29, 1.82) is 0 Å². The van der Waals surface area contributed by atoms with Crippen LogP contribution in [0.5, 0.6) is 0 Å². The fourth-order valence-corrected chi connectivity index (χ4v) is 1.18. The van der Waals surface area contributed by atoms with Gasteiger partial charge in [0, 0.05) is 5.56 Å². The molecule has 0 unspecified atom stereocenters. The summed E-state index contributed by atoms with van der Waals surface area (Å²) < 4.78 is 0. The van der Waals surface area contributed by atoms with Gasteiger partial charge in [-0.25, -0.2) is 0 Å². The number of rotatable bonds is 4. The van der Waals surface area contributed by atoms with Crippen molar-refractivity contribution in [1.82, 2.24) is 10.2 Å². The topological polar surface area (TPSA) is 25.8 Å². The standard InChI is InChI=1S/C13H16N2/c1-5-7-8-11-9-13(10(3)4)15-14-12(11)6-2/h5-10H,1-2H2,3-4H3/b8-7-. The molecule has 0 aromatic carbocycles. The lowest BCUT2D eigenvalue weighted by atomic mass is 10.1. The molecule has 0 radical (unpaired) electrons. The van der Waals surface area contributed by atoms with Crippen molar-refractivity contribution in [3.05, 3.63) is 48.3 Å². The molecule has 1 aromatic heterocycles. The molecule has 0 atom stereocenters. The van der Waals surface area contributed by atoms with E-state index >= 15 is 0 Å². The number of hydrogen-bond acceptors (Lipinski definition) is 2. The molecule has 0 saturated carbocycles. The summed E-state index contributed by atoms with van der Waals surface area (Å²) in [5.74, 6) is 0.382. The van der Waals surface area contributed by atoms with E-state index in [1.165, 1.54) is 0 Å². The molecular weight excluding hydrogens is 184 g/mol. The molecule has 0 amide bonds. The molecule has 2 nitrogen and oxygen atoms in total. The third-order valence-corrected chi connectivity index (χ3v) is 2.07. The van der Waals surface area contributed by atoms with Gasteiger partial charge < -0.3 is 0 Å². The Morgan fingerprint density at radius 3 is 2.53 bits per heavy atom. The molecule has 78 valence electrons. The van der Waals surface area contributed by atoms with E-state index in [2.05, 4.69) is 37.2 Å². The minimum atomic E-state index is 0.382. The highest BCUT2D eigenvalue weighted by Crippen LogP contribution is 2.16. The quantitative estimate of drug-likeness (QED) is 0.696. The third kappa shape index (κ3) is 2.88. The predicted molar refractivity (Wildman–Crippen MR) is 65.4 cm³/mol. The zero-order valence-electron chi connectivity index (χ0n) is 9.27. The smallest absolute Gasteiger partial charge is 0.0923 e. The highest BCUT2D eigenvalue weighted by atomic mass is 15.1. The van der Waals surface area contributed by atoms with Crippen LogP contribution in [-0.4, -0.2) is 10.2 Å². The summed E-state index contributed by atoms with van der Waals surface area (Å²) in [5.41, 5.74) is 2.82. The highest BCUT2D eigenvalue weighted by Gasteiger charge is 2.04. The van der Waals surface area contributed by atoms with E-state index in [0.717, 1.165) is 17.0 Å². The van der Waals surface area contributed by atoms with Crippen LogP contribution in [0.3, 0.4) is 0 Å². The van der Waals surface area contributed by atoms with E-state index in [0.29, 0.717) is 5.92 Å². The first kappa shape index (κ1) is 11.4. The predicted octanol–water partition coefficient (Wildman–Crippen LogP) is 3.44. The Balaban J connectivity index is 3.18. The summed E-state index contributed by atoms with van der Waals surface area (Å²) >= 11 is 0. The van der Waals surface area contributed by atoms with Crippen LogP contribution in [0.25, 0.3) is 12.2 Å². The maximum Gasteiger partial charge on any atom is 0.0923 e. The number of nitrogens with zero attached hydrogens (tertiary/aromatic N) is 2. The molecule has 0 bridgehead atoms. The van der Waals surface area contributed by atoms with Gasteiger partial charge in [0.2, 0.25) is 0 Å². The SMILES string of the molecule is C=C/C=C\c1cc(C(C)C)nnc1C=C. The molecule has 1 aromatic rings. The first-order valence-electron chi connectivity index (χ1n) is 4.98. The van der Waals surface area contributed by atoms with Gasteiger partial charge in [-0.1, -0.05) is 45.2 Å². The summed E-state index contributed by atoms with van der Waals surface area (Å²) in [6.45, 7) is 11.5. The van der Waals surface area contributed by atoms with Gasteiger partial charge in [0.15, 0.2) is 0 Å². The van der Waals surface area contributed by atoms with E-state index in [1.807, 2.05) is 18.2 Å².